The number of rotatable bonds is 3. The maximum Gasteiger partial charge on any atom is 0.418 e. The van der Waals surface area contributed by atoms with E-state index in [9.17, 15) is 18.0 Å². The molecule has 0 spiro atoms. The van der Waals surface area contributed by atoms with Crippen LogP contribution in [0.25, 0.3) is 0 Å². The topological polar surface area (TPSA) is 55.6 Å². The second kappa shape index (κ2) is 6.46. The third-order valence-electron chi connectivity index (χ3n) is 3.75. The van der Waals surface area contributed by atoms with Gasteiger partial charge in [0.05, 0.1) is 18.1 Å². The van der Waals surface area contributed by atoms with E-state index in [2.05, 4.69) is 0 Å². The summed E-state index contributed by atoms with van der Waals surface area (Å²) in [5.41, 5.74) is 4.69. The Balaban J connectivity index is 2.19. The van der Waals surface area contributed by atoms with E-state index in [1.54, 1.807) is 17.9 Å². The molecule has 0 amide bonds. The first-order chi connectivity index (χ1) is 10.3. The number of ether oxygens (including phenoxy) is 1. The molecule has 1 saturated heterocycles. The predicted octanol–water partition coefficient (Wildman–Crippen LogP) is 3.07. The molecule has 0 radical (unpaired) electrons. The fraction of sp³-hybridized carbons (Fsp3) is 0.533. The first kappa shape index (κ1) is 16.5. The highest BCUT2D eigenvalue weighted by Crippen LogP contribution is 2.36. The molecule has 22 heavy (non-hydrogen) atoms. The number of piperidine rings is 1. The molecule has 1 aliphatic rings. The number of nitrogens with two attached hydrogens (primary N) is 1. The van der Waals surface area contributed by atoms with Crippen LogP contribution in [-0.2, 0) is 15.7 Å². The number of hydrogen-bond donors (Lipinski definition) is 1. The van der Waals surface area contributed by atoms with Crippen molar-refractivity contribution < 1.29 is 22.7 Å². The zero-order chi connectivity index (χ0) is 16.3. The molecule has 1 aromatic carbocycles. The van der Waals surface area contributed by atoms with Gasteiger partial charge in [-0.2, -0.15) is 13.2 Å². The summed E-state index contributed by atoms with van der Waals surface area (Å²) < 4.78 is 43.8. The summed E-state index contributed by atoms with van der Waals surface area (Å²) >= 11 is 0. The lowest BCUT2D eigenvalue weighted by molar-refractivity contribution is -0.148. The number of carbonyl (C=O) groups excluding carboxylic acids is 1. The van der Waals surface area contributed by atoms with Gasteiger partial charge in [0.1, 0.15) is 0 Å². The third kappa shape index (κ3) is 3.64. The van der Waals surface area contributed by atoms with Gasteiger partial charge in [0.15, 0.2) is 0 Å². The Hall–Kier alpha value is -1.92. The summed E-state index contributed by atoms with van der Waals surface area (Å²) in [4.78, 5) is 13.6. The molecule has 0 unspecified atom stereocenters. The van der Waals surface area contributed by atoms with Crippen LogP contribution in [-0.4, -0.2) is 25.7 Å². The second-order valence-corrected chi connectivity index (χ2v) is 5.31. The third-order valence-corrected chi connectivity index (χ3v) is 3.75. The normalized spacial score (nSPS) is 19.1. The van der Waals surface area contributed by atoms with Crippen LogP contribution in [0.5, 0.6) is 0 Å². The zero-order valence-electron chi connectivity index (χ0n) is 12.3. The van der Waals surface area contributed by atoms with Crippen molar-refractivity contribution in [1.82, 2.24) is 0 Å². The zero-order valence-corrected chi connectivity index (χ0v) is 12.3. The molecular weight excluding hydrogens is 297 g/mol. The van der Waals surface area contributed by atoms with Crippen molar-refractivity contribution in [1.29, 1.82) is 0 Å². The molecule has 0 aromatic heterocycles. The number of carbonyl (C=O) groups is 1. The van der Waals surface area contributed by atoms with E-state index in [0.29, 0.717) is 31.8 Å². The van der Waals surface area contributed by atoms with Gasteiger partial charge in [-0.3, -0.25) is 4.79 Å². The largest absolute Gasteiger partial charge is 0.466 e. The SMILES string of the molecule is CCOC(=O)[C@H]1CCCN(c2ccc(N)c(C(F)(F)F)c2)C1. The van der Waals surface area contributed by atoms with Gasteiger partial charge in [-0.05, 0) is 38.0 Å². The lowest BCUT2D eigenvalue weighted by Crippen LogP contribution is -2.39. The number of esters is 1. The predicted molar refractivity (Wildman–Crippen MR) is 77.4 cm³/mol. The minimum absolute atomic E-state index is 0.293. The van der Waals surface area contributed by atoms with Gasteiger partial charge in [0.2, 0.25) is 0 Å². The molecule has 0 aliphatic carbocycles. The summed E-state index contributed by atoms with van der Waals surface area (Å²) in [5.74, 6) is -0.598. The summed E-state index contributed by atoms with van der Waals surface area (Å²) in [7, 11) is 0. The van der Waals surface area contributed by atoms with Crippen LogP contribution in [0.4, 0.5) is 24.5 Å². The fourth-order valence-corrected chi connectivity index (χ4v) is 2.65. The molecule has 1 heterocycles. The number of halogens is 3. The molecule has 1 aromatic rings. The summed E-state index contributed by atoms with van der Waals surface area (Å²) in [6.07, 6.45) is -3.07. The number of hydrogen-bond acceptors (Lipinski definition) is 4. The van der Waals surface area contributed by atoms with Gasteiger partial charge in [-0.25, -0.2) is 0 Å². The van der Waals surface area contributed by atoms with E-state index in [1.807, 2.05) is 0 Å². The number of benzene rings is 1. The molecule has 7 heteroatoms. The summed E-state index contributed by atoms with van der Waals surface area (Å²) in [5, 5.41) is 0. The lowest BCUT2D eigenvalue weighted by Gasteiger charge is -2.33. The second-order valence-electron chi connectivity index (χ2n) is 5.31. The van der Waals surface area contributed by atoms with Crippen LogP contribution in [0.3, 0.4) is 0 Å². The highest BCUT2D eigenvalue weighted by molar-refractivity contribution is 5.74. The van der Waals surface area contributed by atoms with Crippen LogP contribution in [0.1, 0.15) is 25.3 Å². The number of nitrogens with zero attached hydrogens (tertiary/aromatic N) is 1. The maximum absolute atomic E-state index is 12.9. The van der Waals surface area contributed by atoms with Crippen LogP contribution >= 0.6 is 0 Å². The maximum atomic E-state index is 12.9. The van der Waals surface area contributed by atoms with Crippen molar-refractivity contribution in [2.45, 2.75) is 25.9 Å². The fourth-order valence-electron chi connectivity index (χ4n) is 2.65. The molecule has 1 fully saturated rings. The van der Waals surface area contributed by atoms with Crippen molar-refractivity contribution >= 4 is 17.3 Å². The van der Waals surface area contributed by atoms with Gasteiger partial charge in [-0.1, -0.05) is 0 Å². The monoisotopic (exact) mass is 316 g/mol. The van der Waals surface area contributed by atoms with Gasteiger partial charge < -0.3 is 15.4 Å². The summed E-state index contributed by atoms with van der Waals surface area (Å²) in [6, 6.07) is 3.85. The van der Waals surface area contributed by atoms with Crippen molar-refractivity contribution in [2.24, 2.45) is 5.92 Å². The van der Waals surface area contributed by atoms with Crippen LogP contribution < -0.4 is 10.6 Å². The summed E-state index contributed by atoms with van der Waals surface area (Å²) in [6.45, 7) is 3.00. The average molecular weight is 316 g/mol. The Morgan fingerprint density at radius 1 is 1.45 bits per heavy atom. The number of anilines is 2. The molecular formula is C15H19F3N2O2. The van der Waals surface area contributed by atoms with E-state index in [-0.39, 0.29) is 17.6 Å². The van der Waals surface area contributed by atoms with Gasteiger partial charge in [0.25, 0.3) is 0 Å². The van der Waals surface area contributed by atoms with Crippen molar-refractivity contribution in [3.8, 4) is 0 Å². The van der Waals surface area contributed by atoms with Crippen molar-refractivity contribution in [2.75, 3.05) is 30.3 Å². The minimum Gasteiger partial charge on any atom is -0.466 e. The average Bonchev–Trinajstić information content (AvgIpc) is 2.47. The van der Waals surface area contributed by atoms with E-state index >= 15 is 0 Å². The van der Waals surface area contributed by atoms with E-state index in [0.717, 1.165) is 12.5 Å². The Morgan fingerprint density at radius 2 is 2.18 bits per heavy atom. The molecule has 2 rings (SSSR count). The van der Waals surface area contributed by atoms with E-state index in [1.165, 1.54) is 6.07 Å². The highest BCUT2D eigenvalue weighted by Gasteiger charge is 2.34. The number of nitrogen functional groups attached to an aromatic ring is 1. The van der Waals surface area contributed by atoms with Crippen molar-refractivity contribution in [3.05, 3.63) is 23.8 Å². The Kier molecular flexibility index (Phi) is 4.83. The van der Waals surface area contributed by atoms with Crippen LogP contribution in [0, 0.1) is 5.92 Å². The molecule has 0 saturated carbocycles. The lowest BCUT2D eigenvalue weighted by atomic mass is 9.97. The van der Waals surface area contributed by atoms with Crippen LogP contribution in [0.15, 0.2) is 18.2 Å². The Bertz CT molecular complexity index is 546. The van der Waals surface area contributed by atoms with E-state index in [4.69, 9.17) is 10.5 Å². The van der Waals surface area contributed by atoms with E-state index < -0.39 is 11.7 Å². The van der Waals surface area contributed by atoms with Crippen LogP contribution in [0.2, 0.25) is 0 Å². The highest BCUT2D eigenvalue weighted by atomic mass is 19.4. The van der Waals surface area contributed by atoms with Gasteiger partial charge in [-0.15, -0.1) is 0 Å². The molecule has 4 nitrogen and oxygen atoms in total. The number of alkyl halides is 3. The molecule has 1 atom stereocenters. The van der Waals surface area contributed by atoms with Gasteiger partial charge >= 0.3 is 12.1 Å². The molecule has 0 bridgehead atoms. The Morgan fingerprint density at radius 3 is 2.82 bits per heavy atom. The molecule has 1 aliphatic heterocycles. The quantitative estimate of drug-likeness (QED) is 0.688. The first-order valence-electron chi connectivity index (χ1n) is 7.21. The first-order valence-corrected chi connectivity index (χ1v) is 7.21. The standard InChI is InChI=1S/C15H19F3N2O2/c1-2-22-14(21)10-4-3-7-20(9-10)11-5-6-13(19)12(8-11)15(16,17)18/h5-6,8,10H,2-4,7,9,19H2,1H3/t10-/m0/s1. The minimum atomic E-state index is -4.49. The van der Waals surface area contributed by atoms with Gasteiger partial charge in [0, 0.05) is 24.5 Å². The molecule has 122 valence electrons. The molecule has 2 N–H and O–H groups in total. The van der Waals surface area contributed by atoms with Crippen molar-refractivity contribution in [3.63, 3.8) is 0 Å². The Labute approximate surface area is 127 Å². The smallest absolute Gasteiger partial charge is 0.418 e.